The van der Waals surface area contributed by atoms with Crippen LogP contribution in [0.2, 0.25) is 0 Å². The van der Waals surface area contributed by atoms with E-state index < -0.39 is 0 Å². The number of anilines is 1. The van der Waals surface area contributed by atoms with Gasteiger partial charge in [0.05, 0.1) is 5.69 Å². The van der Waals surface area contributed by atoms with Crippen molar-refractivity contribution in [2.24, 2.45) is 11.8 Å². The molecule has 0 saturated heterocycles. The molecule has 2 rings (SSSR count). The lowest BCUT2D eigenvalue weighted by Crippen LogP contribution is -2.18. The molecule has 0 aliphatic heterocycles. The number of nitrogens with zero attached hydrogens (tertiary/aromatic N) is 1. The summed E-state index contributed by atoms with van der Waals surface area (Å²) < 4.78 is 0. The van der Waals surface area contributed by atoms with Gasteiger partial charge in [-0.15, -0.1) is 11.3 Å². The first-order valence-electron chi connectivity index (χ1n) is 5.83. The van der Waals surface area contributed by atoms with Gasteiger partial charge in [-0.1, -0.05) is 12.2 Å². The molecule has 0 spiro atoms. The van der Waals surface area contributed by atoms with Crippen molar-refractivity contribution in [3.05, 3.63) is 28.8 Å². The summed E-state index contributed by atoms with van der Waals surface area (Å²) in [5.41, 5.74) is 6.28. The fourth-order valence-electron chi connectivity index (χ4n) is 2.14. The number of carbonyl (C=O) groups is 1. The van der Waals surface area contributed by atoms with Gasteiger partial charge in [0, 0.05) is 11.8 Å². The zero-order valence-electron chi connectivity index (χ0n) is 10.6. The lowest BCUT2D eigenvalue weighted by molar-refractivity contribution is -0.116. The lowest BCUT2D eigenvalue weighted by atomic mass is 9.79. The summed E-state index contributed by atoms with van der Waals surface area (Å²) >= 11 is 1.44. The molecule has 1 heterocycles. The highest BCUT2D eigenvalue weighted by molar-refractivity contribution is 7.13. The van der Waals surface area contributed by atoms with Crippen LogP contribution in [0.15, 0.2) is 23.1 Å². The highest BCUT2D eigenvalue weighted by Crippen LogP contribution is 2.37. The van der Waals surface area contributed by atoms with Crippen LogP contribution in [0.4, 0.5) is 5.13 Å². The maximum Gasteiger partial charge on any atom is 0.197 e. The summed E-state index contributed by atoms with van der Waals surface area (Å²) in [7, 11) is 0. The number of hydrogen-bond donors (Lipinski definition) is 2. The molecule has 4 nitrogen and oxygen atoms in total. The van der Waals surface area contributed by atoms with Crippen LogP contribution in [0.25, 0.3) is 5.57 Å². The predicted molar refractivity (Wildman–Crippen MR) is 75.1 cm³/mol. The molecule has 0 saturated carbocycles. The molecule has 0 aromatic carbocycles. The third-order valence-electron chi connectivity index (χ3n) is 3.39. The Balaban J connectivity index is 2.37. The number of carbonyl (C=O) groups excluding carboxylic acids is 1. The van der Waals surface area contributed by atoms with Crippen molar-refractivity contribution >= 4 is 27.8 Å². The summed E-state index contributed by atoms with van der Waals surface area (Å²) in [6, 6.07) is 0. The van der Waals surface area contributed by atoms with Gasteiger partial charge in [-0.05, 0) is 37.3 Å². The smallest absolute Gasteiger partial charge is 0.197 e. The molecule has 0 radical (unpaired) electrons. The number of nitrogen functional groups attached to an aromatic ring is 1. The van der Waals surface area contributed by atoms with E-state index in [9.17, 15) is 4.79 Å². The van der Waals surface area contributed by atoms with Crippen LogP contribution in [0.1, 0.15) is 32.4 Å². The number of hydrogen-bond acceptors (Lipinski definition) is 5. The number of hydrazine groups is 1. The van der Waals surface area contributed by atoms with E-state index in [0.717, 1.165) is 28.8 Å². The number of rotatable bonds is 3. The molecular weight excluding hydrogens is 246 g/mol. The first kappa shape index (κ1) is 13.0. The van der Waals surface area contributed by atoms with Crippen LogP contribution in [-0.4, -0.2) is 10.8 Å². The highest BCUT2D eigenvalue weighted by atomic mass is 32.1. The highest BCUT2D eigenvalue weighted by Gasteiger charge is 2.27. The Labute approximate surface area is 111 Å². The van der Waals surface area contributed by atoms with Gasteiger partial charge < -0.3 is 0 Å². The molecule has 0 bridgehead atoms. The van der Waals surface area contributed by atoms with Crippen LogP contribution >= 0.6 is 11.3 Å². The molecule has 1 aromatic rings. The number of nitrogens with one attached hydrogen (secondary N) is 1. The molecule has 1 unspecified atom stereocenters. The van der Waals surface area contributed by atoms with Crippen molar-refractivity contribution in [3.63, 3.8) is 0 Å². The third kappa shape index (κ3) is 2.37. The van der Waals surface area contributed by atoms with E-state index in [1.807, 2.05) is 19.2 Å². The van der Waals surface area contributed by atoms with Gasteiger partial charge in [-0.2, -0.15) is 0 Å². The molecule has 1 atom stereocenters. The molecule has 1 aliphatic rings. The van der Waals surface area contributed by atoms with Crippen molar-refractivity contribution in [2.45, 2.75) is 26.7 Å². The summed E-state index contributed by atoms with van der Waals surface area (Å²) in [6.07, 6.45) is 1.40. The van der Waals surface area contributed by atoms with Crippen molar-refractivity contribution < 1.29 is 4.79 Å². The SMILES string of the molecule is C=C(C)C1CC(=O)C(C)=C(c2csc(NN)n2)C1. The topological polar surface area (TPSA) is 68.0 Å². The maximum absolute atomic E-state index is 12.0. The molecule has 1 aliphatic carbocycles. The van der Waals surface area contributed by atoms with Gasteiger partial charge in [-0.25, -0.2) is 10.8 Å². The summed E-state index contributed by atoms with van der Waals surface area (Å²) in [5.74, 6) is 5.75. The Bertz CT molecular complexity index is 530. The van der Waals surface area contributed by atoms with Gasteiger partial charge in [0.2, 0.25) is 0 Å². The van der Waals surface area contributed by atoms with Crippen LogP contribution < -0.4 is 11.3 Å². The van der Waals surface area contributed by atoms with Crippen LogP contribution in [0.3, 0.4) is 0 Å². The van der Waals surface area contributed by atoms with E-state index in [1.165, 1.54) is 11.3 Å². The minimum Gasteiger partial charge on any atom is -0.300 e. The average molecular weight is 263 g/mol. The van der Waals surface area contributed by atoms with Crippen LogP contribution in [0, 0.1) is 5.92 Å². The Kier molecular flexibility index (Phi) is 3.63. The Morgan fingerprint density at radius 3 is 2.89 bits per heavy atom. The second kappa shape index (κ2) is 5.04. The van der Waals surface area contributed by atoms with Crippen molar-refractivity contribution in [2.75, 3.05) is 5.43 Å². The average Bonchev–Trinajstić information content (AvgIpc) is 2.80. The second-order valence-electron chi connectivity index (χ2n) is 4.66. The number of Topliss-reactive ketones (excluding diaryl/α,β-unsaturated/α-hetero) is 1. The van der Waals surface area contributed by atoms with E-state index in [-0.39, 0.29) is 11.7 Å². The Hall–Kier alpha value is -1.46. The largest absolute Gasteiger partial charge is 0.300 e. The summed E-state index contributed by atoms with van der Waals surface area (Å²) in [5, 5.41) is 2.59. The molecule has 1 aromatic heterocycles. The summed E-state index contributed by atoms with van der Waals surface area (Å²) in [6.45, 7) is 7.82. The first-order valence-corrected chi connectivity index (χ1v) is 6.71. The van der Waals surface area contributed by atoms with E-state index in [2.05, 4.69) is 17.0 Å². The van der Waals surface area contributed by atoms with E-state index >= 15 is 0 Å². The van der Waals surface area contributed by atoms with Gasteiger partial charge in [0.25, 0.3) is 0 Å². The number of allylic oxidation sites excluding steroid dienone is 3. The van der Waals surface area contributed by atoms with Gasteiger partial charge in [-0.3, -0.25) is 10.2 Å². The standard InChI is InChI=1S/C13H17N3OS/c1-7(2)9-4-10(8(3)12(17)5-9)11-6-18-13(15-11)16-14/h6,9H,1,4-5,14H2,2-3H3,(H,15,16). The normalized spacial score (nSPS) is 20.2. The minimum atomic E-state index is 0.194. The summed E-state index contributed by atoms with van der Waals surface area (Å²) in [4.78, 5) is 16.4. The lowest BCUT2D eigenvalue weighted by Gasteiger charge is -2.24. The van der Waals surface area contributed by atoms with Crippen LogP contribution in [0.5, 0.6) is 0 Å². The zero-order valence-corrected chi connectivity index (χ0v) is 11.4. The van der Waals surface area contributed by atoms with E-state index in [1.54, 1.807) is 0 Å². The predicted octanol–water partition coefficient (Wildman–Crippen LogP) is 2.76. The fourth-order valence-corrected chi connectivity index (χ4v) is 2.78. The van der Waals surface area contributed by atoms with Crippen molar-refractivity contribution in [1.82, 2.24) is 4.98 Å². The number of thiazole rings is 1. The quantitative estimate of drug-likeness (QED) is 0.500. The first-order chi connectivity index (χ1) is 8.52. The monoisotopic (exact) mass is 263 g/mol. The van der Waals surface area contributed by atoms with E-state index in [4.69, 9.17) is 5.84 Å². The van der Waals surface area contributed by atoms with Crippen molar-refractivity contribution in [1.29, 1.82) is 0 Å². The molecule has 96 valence electrons. The number of ketones is 1. The molecule has 0 amide bonds. The minimum absolute atomic E-state index is 0.194. The molecule has 5 heteroatoms. The Morgan fingerprint density at radius 2 is 2.33 bits per heavy atom. The molecule has 18 heavy (non-hydrogen) atoms. The zero-order chi connectivity index (χ0) is 13.3. The maximum atomic E-state index is 12.0. The molecule has 0 fully saturated rings. The fraction of sp³-hybridized carbons (Fsp3) is 0.385. The van der Waals surface area contributed by atoms with E-state index in [0.29, 0.717) is 11.6 Å². The Morgan fingerprint density at radius 1 is 1.61 bits per heavy atom. The van der Waals surface area contributed by atoms with Gasteiger partial charge in [0.1, 0.15) is 0 Å². The van der Waals surface area contributed by atoms with Gasteiger partial charge in [0.15, 0.2) is 10.9 Å². The number of nitrogens with two attached hydrogens (primary N) is 1. The molecule has 3 N–H and O–H groups in total. The molecular formula is C13H17N3OS. The number of aromatic nitrogens is 1. The third-order valence-corrected chi connectivity index (χ3v) is 4.16. The van der Waals surface area contributed by atoms with Crippen LogP contribution in [-0.2, 0) is 4.79 Å². The second-order valence-corrected chi connectivity index (χ2v) is 5.52. The van der Waals surface area contributed by atoms with Crippen molar-refractivity contribution in [3.8, 4) is 0 Å². The van der Waals surface area contributed by atoms with Gasteiger partial charge >= 0.3 is 0 Å².